The molecule has 0 aliphatic carbocycles. The highest BCUT2D eigenvalue weighted by Crippen LogP contribution is 2.39. The van der Waals surface area contributed by atoms with E-state index in [9.17, 15) is 25.5 Å². The van der Waals surface area contributed by atoms with E-state index in [4.69, 9.17) is 16.1 Å². The minimum absolute atomic E-state index is 0.0397. The van der Waals surface area contributed by atoms with Gasteiger partial charge in [-0.1, -0.05) is 5.16 Å². The van der Waals surface area contributed by atoms with Crippen LogP contribution in [0.5, 0.6) is 11.5 Å². The molecule has 26 heavy (non-hydrogen) atoms. The van der Waals surface area contributed by atoms with Crippen molar-refractivity contribution in [3.05, 3.63) is 49.9 Å². The van der Waals surface area contributed by atoms with Crippen LogP contribution < -0.4 is 4.73 Å². The molecule has 0 atom stereocenters. The average Bonchev–Trinajstić information content (AvgIpc) is 3.04. The fourth-order valence-corrected chi connectivity index (χ4v) is 2.80. The summed E-state index contributed by atoms with van der Waals surface area (Å²) in [5.74, 6) is -1.73. The lowest BCUT2D eigenvalue weighted by Crippen LogP contribution is -2.32. The normalized spacial score (nSPS) is 10.9. The standard InChI is InChI=1S/C15H11ClN4O6/c1-6-3-7(2)19(23)13(16)11(6)15-17-14(18-26-15)8-4-9(20(24)25)12(22)10(21)5-8/h3-5,21-22H,1-2H3. The number of pyridine rings is 1. The molecule has 10 nitrogen and oxygen atoms in total. The number of hydrogen-bond acceptors (Lipinski definition) is 8. The van der Waals surface area contributed by atoms with Crippen molar-refractivity contribution in [1.82, 2.24) is 10.1 Å². The zero-order valence-corrected chi connectivity index (χ0v) is 14.2. The molecule has 11 heteroatoms. The van der Waals surface area contributed by atoms with Crippen molar-refractivity contribution in [2.75, 3.05) is 0 Å². The fraction of sp³-hybridized carbons (Fsp3) is 0.133. The Labute approximate surface area is 150 Å². The van der Waals surface area contributed by atoms with Gasteiger partial charge in [0.2, 0.25) is 11.6 Å². The second-order valence-corrected chi connectivity index (χ2v) is 5.83. The van der Waals surface area contributed by atoms with Gasteiger partial charge < -0.3 is 19.9 Å². The summed E-state index contributed by atoms with van der Waals surface area (Å²) in [5, 5.41) is 45.7. The molecular formula is C15H11ClN4O6. The van der Waals surface area contributed by atoms with Gasteiger partial charge in [0.05, 0.1) is 4.92 Å². The van der Waals surface area contributed by atoms with Gasteiger partial charge in [0, 0.05) is 24.6 Å². The second-order valence-electron chi connectivity index (χ2n) is 5.47. The third kappa shape index (κ3) is 2.75. The van der Waals surface area contributed by atoms with Crippen LogP contribution >= 0.6 is 11.6 Å². The Morgan fingerprint density at radius 1 is 1.27 bits per heavy atom. The summed E-state index contributed by atoms with van der Waals surface area (Å²) in [4.78, 5) is 14.2. The topological polar surface area (TPSA) is 149 Å². The molecular weight excluding hydrogens is 368 g/mol. The van der Waals surface area contributed by atoms with Crippen LogP contribution in [-0.4, -0.2) is 25.3 Å². The number of nitrogens with zero attached hydrogens (tertiary/aromatic N) is 4. The highest BCUT2D eigenvalue weighted by atomic mass is 35.5. The molecule has 0 aliphatic heterocycles. The first-order valence-corrected chi connectivity index (χ1v) is 7.52. The first-order valence-electron chi connectivity index (χ1n) is 7.14. The highest BCUT2D eigenvalue weighted by molar-refractivity contribution is 6.31. The predicted octanol–water partition coefficient (Wildman–Crippen LogP) is 2.63. The van der Waals surface area contributed by atoms with Gasteiger partial charge >= 0.3 is 5.69 Å². The van der Waals surface area contributed by atoms with E-state index in [1.54, 1.807) is 19.9 Å². The van der Waals surface area contributed by atoms with E-state index in [1.165, 1.54) is 0 Å². The minimum atomic E-state index is -0.868. The lowest BCUT2D eigenvalue weighted by Gasteiger charge is -2.07. The number of aromatic nitrogens is 3. The van der Waals surface area contributed by atoms with Crippen LogP contribution in [0.1, 0.15) is 11.3 Å². The molecule has 3 aromatic rings. The van der Waals surface area contributed by atoms with Crippen LogP contribution in [-0.2, 0) is 0 Å². The van der Waals surface area contributed by atoms with Crippen LogP contribution in [0.4, 0.5) is 5.69 Å². The number of phenols is 2. The largest absolute Gasteiger partial charge is 0.617 e. The number of phenolic OH excluding ortho intramolecular Hbond substituents is 2. The molecule has 0 radical (unpaired) electrons. The van der Waals surface area contributed by atoms with Crippen molar-refractivity contribution < 1.29 is 24.4 Å². The van der Waals surface area contributed by atoms with Crippen LogP contribution in [0.15, 0.2) is 22.7 Å². The summed E-state index contributed by atoms with van der Waals surface area (Å²) >= 11 is 6.07. The van der Waals surface area contributed by atoms with Gasteiger partial charge in [-0.15, -0.1) is 0 Å². The summed E-state index contributed by atoms with van der Waals surface area (Å²) in [7, 11) is 0. The Morgan fingerprint density at radius 3 is 2.62 bits per heavy atom. The molecule has 2 N–H and O–H groups in total. The quantitative estimate of drug-likeness (QED) is 0.176. The highest BCUT2D eigenvalue weighted by Gasteiger charge is 2.25. The molecule has 0 bridgehead atoms. The second kappa shape index (κ2) is 6.15. The van der Waals surface area contributed by atoms with E-state index in [0.29, 0.717) is 16.0 Å². The van der Waals surface area contributed by atoms with Crippen molar-refractivity contribution in [1.29, 1.82) is 0 Å². The Balaban J connectivity index is 2.13. The van der Waals surface area contributed by atoms with E-state index < -0.39 is 22.1 Å². The maximum Gasteiger partial charge on any atom is 0.315 e. The molecule has 3 rings (SSSR count). The third-order valence-corrected chi connectivity index (χ3v) is 4.03. The molecule has 1 aromatic carbocycles. The predicted molar refractivity (Wildman–Crippen MR) is 88.6 cm³/mol. The summed E-state index contributed by atoms with van der Waals surface area (Å²) in [5.41, 5.74) is 0.555. The number of nitro benzene ring substituents is 1. The van der Waals surface area contributed by atoms with Crippen molar-refractivity contribution in [2.45, 2.75) is 13.8 Å². The van der Waals surface area contributed by atoms with Crippen molar-refractivity contribution in [3.8, 4) is 34.3 Å². The fourth-order valence-electron chi connectivity index (χ4n) is 2.43. The first-order chi connectivity index (χ1) is 12.2. The van der Waals surface area contributed by atoms with Crippen LogP contribution in [0, 0.1) is 29.2 Å². The monoisotopic (exact) mass is 378 g/mol. The maximum absolute atomic E-state index is 12.0. The number of hydrogen-bond donors (Lipinski definition) is 2. The number of halogens is 1. The summed E-state index contributed by atoms with van der Waals surface area (Å²) in [6, 6.07) is 3.63. The summed E-state index contributed by atoms with van der Waals surface area (Å²) in [6.45, 7) is 3.29. The smallest absolute Gasteiger partial charge is 0.315 e. The van der Waals surface area contributed by atoms with Gasteiger partial charge in [0.15, 0.2) is 11.4 Å². The van der Waals surface area contributed by atoms with Gasteiger partial charge in [0.25, 0.3) is 11.0 Å². The van der Waals surface area contributed by atoms with E-state index in [-0.39, 0.29) is 28.0 Å². The zero-order valence-electron chi connectivity index (χ0n) is 13.4. The first kappa shape index (κ1) is 17.4. The van der Waals surface area contributed by atoms with Crippen LogP contribution in [0.25, 0.3) is 22.8 Å². The molecule has 2 heterocycles. The van der Waals surface area contributed by atoms with Gasteiger partial charge in [-0.2, -0.15) is 9.71 Å². The van der Waals surface area contributed by atoms with Gasteiger partial charge in [-0.25, -0.2) is 0 Å². The summed E-state index contributed by atoms with van der Waals surface area (Å²) in [6.07, 6.45) is 0. The van der Waals surface area contributed by atoms with E-state index in [1.807, 2.05) is 0 Å². The lowest BCUT2D eigenvalue weighted by molar-refractivity contribution is -0.609. The molecule has 0 spiro atoms. The summed E-state index contributed by atoms with van der Waals surface area (Å²) < 4.78 is 5.63. The Bertz CT molecular complexity index is 1050. The molecule has 134 valence electrons. The molecule has 2 aromatic heterocycles. The molecule has 0 saturated heterocycles. The van der Waals surface area contributed by atoms with E-state index in [2.05, 4.69) is 10.1 Å². The van der Waals surface area contributed by atoms with Crippen LogP contribution in [0.3, 0.4) is 0 Å². The van der Waals surface area contributed by atoms with E-state index >= 15 is 0 Å². The number of nitro groups is 1. The van der Waals surface area contributed by atoms with Gasteiger partial charge in [0.1, 0.15) is 5.56 Å². The SMILES string of the molecule is Cc1cc(C)[n+]([O-])c(Cl)c1-c1nc(-c2cc(O)c(O)c([N+](=O)[O-])c2)no1. The Kier molecular flexibility index (Phi) is 4.12. The Hall–Kier alpha value is -3.40. The molecule has 0 amide bonds. The van der Waals surface area contributed by atoms with Crippen molar-refractivity contribution in [2.24, 2.45) is 0 Å². The number of aryl methyl sites for hydroxylation is 2. The number of aromatic hydroxyl groups is 2. The van der Waals surface area contributed by atoms with Crippen LogP contribution in [0.2, 0.25) is 5.15 Å². The number of rotatable bonds is 3. The maximum atomic E-state index is 12.0. The molecule has 0 fully saturated rings. The third-order valence-electron chi connectivity index (χ3n) is 3.69. The van der Waals surface area contributed by atoms with Crippen molar-refractivity contribution >= 4 is 17.3 Å². The zero-order chi connectivity index (χ0) is 19.2. The molecule has 0 aliphatic rings. The molecule has 0 saturated carbocycles. The van der Waals surface area contributed by atoms with E-state index in [0.717, 1.165) is 12.1 Å². The minimum Gasteiger partial charge on any atom is -0.617 e. The van der Waals surface area contributed by atoms with Crippen molar-refractivity contribution in [3.63, 3.8) is 0 Å². The Morgan fingerprint density at radius 2 is 1.96 bits per heavy atom. The number of benzene rings is 1. The van der Waals surface area contributed by atoms with Gasteiger partial charge in [-0.05, 0) is 30.2 Å². The average molecular weight is 379 g/mol. The van der Waals surface area contributed by atoms with Gasteiger partial charge in [-0.3, -0.25) is 10.1 Å². The lowest BCUT2D eigenvalue weighted by atomic mass is 10.1. The molecule has 0 unspecified atom stereocenters.